The van der Waals surface area contributed by atoms with Gasteiger partial charge in [0.15, 0.2) is 5.65 Å². The van der Waals surface area contributed by atoms with Crippen LogP contribution >= 0.6 is 0 Å². The lowest BCUT2D eigenvalue weighted by Gasteiger charge is -2.19. The molecule has 1 aliphatic rings. The van der Waals surface area contributed by atoms with Crippen LogP contribution in [0.1, 0.15) is 45.7 Å². The SMILES string of the molecule is CC[C@H](C)[C@H](N=C1NS(=O)(=O)c2ccccc21)C(=O)Nc1cnc2c(cnn2C(C)C)c1. The fourth-order valence-electron chi connectivity index (χ4n) is 3.64. The van der Waals surface area contributed by atoms with Gasteiger partial charge in [-0.05, 0) is 38.0 Å². The molecule has 0 fully saturated rings. The van der Waals surface area contributed by atoms with Gasteiger partial charge in [-0.1, -0.05) is 32.4 Å². The van der Waals surface area contributed by atoms with Gasteiger partial charge in [-0.25, -0.2) is 18.1 Å². The minimum atomic E-state index is -3.68. The second-order valence-corrected chi connectivity index (χ2v) is 9.87. The van der Waals surface area contributed by atoms with Crippen LogP contribution in [0.15, 0.2) is 52.6 Å². The molecule has 1 aromatic carbocycles. The van der Waals surface area contributed by atoms with Crippen LogP contribution in [0.3, 0.4) is 0 Å². The van der Waals surface area contributed by atoms with Gasteiger partial charge in [0.2, 0.25) is 5.91 Å². The first kappa shape index (κ1) is 21.9. The molecule has 0 spiro atoms. The van der Waals surface area contributed by atoms with E-state index in [1.807, 2.05) is 38.4 Å². The largest absolute Gasteiger partial charge is 0.323 e. The lowest BCUT2D eigenvalue weighted by atomic mass is 9.98. The summed E-state index contributed by atoms with van der Waals surface area (Å²) in [6.45, 7) is 7.92. The van der Waals surface area contributed by atoms with Crippen molar-refractivity contribution in [2.45, 2.75) is 51.1 Å². The maximum absolute atomic E-state index is 13.2. The second-order valence-electron chi connectivity index (χ2n) is 8.22. The number of anilines is 1. The maximum atomic E-state index is 13.2. The molecule has 3 aromatic rings. The van der Waals surface area contributed by atoms with Gasteiger partial charge in [0.05, 0.1) is 23.0 Å². The van der Waals surface area contributed by atoms with E-state index in [0.29, 0.717) is 17.7 Å². The van der Waals surface area contributed by atoms with Gasteiger partial charge in [-0.3, -0.25) is 14.5 Å². The van der Waals surface area contributed by atoms with Crippen molar-refractivity contribution in [3.05, 3.63) is 48.3 Å². The summed E-state index contributed by atoms with van der Waals surface area (Å²) in [4.78, 5) is 22.3. The van der Waals surface area contributed by atoms with E-state index in [1.54, 1.807) is 30.6 Å². The number of sulfonamides is 1. The fraction of sp³-hybridized carbons (Fsp3) is 0.364. The molecule has 2 aromatic heterocycles. The Morgan fingerprint density at radius 3 is 2.69 bits per heavy atom. The van der Waals surface area contributed by atoms with Crippen molar-refractivity contribution in [3.63, 3.8) is 0 Å². The summed E-state index contributed by atoms with van der Waals surface area (Å²) in [6, 6.07) is 7.82. The van der Waals surface area contributed by atoms with Crippen molar-refractivity contribution >= 4 is 38.5 Å². The Balaban J connectivity index is 1.64. The Morgan fingerprint density at radius 1 is 1.22 bits per heavy atom. The predicted molar refractivity (Wildman–Crippen MR) is 123 cm³/mol. The molecule has 1 aliphatic heterocycles. The highest BCUT2D eigenvalue weighted by molar-refractivity contribution is 7.90. The Labute approximate surface area is 187 Å². The average Bonchev–Trinajstić information content (AvgIpc) is 3.30. The molecule has 0 radical (unpaired) electrons. The summed E-state index contributed by atoms with van der Waals surface area (Å²) in [6.07, 6.45) is 4.01. The molecule has 0 bridgehead atoms. The molecule has 0 saturated heterocycles. The summed E-state index contributed by atoms with van der Waals surface area (Å²) < 4.78 is 29.1. The van der Waals surface area contributed by atoms with E-state index in [4.69, 9.17) is 0 Å². The lowest BCUT2D eigenvalue weighted by molar-refractivity contribution is -0.118. The number of nitrogens with one attached hydrogen (secondary N) is 2. The first-order chi connectivity index (χ1) is 15.2. The number of nitrogens with zero attached hydrogens (tertiary/aromatic N) is 4. The summed E-state index contributed by atoms with van der Waals surface area (Å²) in [7, 11) is -3.68. The maximum Gasteiger partial charge on any atom is 0.263 e. The molecule has 32 heavy (non-hydrogen) atoms. The fourth-order valence-corrected chi connectivity index (χ4v) is 4.88. The molecule has 2 atom stereocenters. The van der Waals surface area contributed by atoms with Crippen LogP contribution in [0.25, 0.3) is 11.0 Å². The number of amides is 1. The van der Waals surface area contributed by atoms with E-state index in [9.17, 15) is 13.2 Å². The number of pyridine rings is 1. The Kier molecular flexibility index (Phi) is 5.72. The summed E-state index contributed by atoms with van der Waals surface area (Å²) >= 11 is 0. The van der Waals surface area contributed by atoms with Crippen molar-refractivity contribution in [3.8, 4) is 0 Å². The van der Waals surface area contributed by atoms with Crippen LogP contribution in [0.4, 0.5) is 5.69 Å². The van der Waals surface area contributed by atoms with E-state index in [2.05, 4.69) is 25.1 Å². The zero-order valence-corrected chi connectivity index (χ0v) is 19.2. The molecule has 2 N–H and O–H groups in total. The van der Waals surface area contributed by atoms with E-state index in [1.165, 1.54) is 6.07 Å². The number of hydrogen-bond acceptors (Lipinski definition) is 6. The second kappa shape index (κ2) is 8.34. The number of aliphatic imine (C=N–C) groups is 1. The first-order valence-corrected chi connectivity index (χ1v) is 12.0. The molecular formula is C22H26N6O3S. The van der Waals surface area contributed by atoms with Crippen molar-refractivity contribution in [2.75, 3.05) is 5.32 Å². The zero-order chi connectivity index (χ0) is 23.0. The van der Waals surface area contributed by atoms with Gasteiger partial charge in [-0.2, -0.15) is 5.10 Å². The summed E-state index contributed by atoms with van der Waals surface area (Å²) in [5.74, 6) is -0.249. The monoisotopic (exact) mass is 454 g/mol. The normalized spacial score (nSPS) is 17.8. The van der Waals surface area contributed by atoms with E-state index < -0.39 is 16.1 Å². The number of benzene rings is 1. The quantitative estimate of drug-likeness (QED) is 0.593. The van der Waals surface area contributed by atoms with Gasteiger partial charge in [0.25, 0.3) is 10.0 Å². The molecular weight excluding hydrogens is 428 g/mol. The zero-order valence-electron chi connectivity index (χ0n) is 18.4. The van der Waals surface area contributed by atoms with Crippen molar-refractivity contribution in [1.29, 1.82) is 0 Å². The van der Waals surface area contributed by atoms with Crippen LogP contribution < -0.4 is 10.0 Å². The van der Waals surface area contributed by atoms with Gasteiger partial charge < -0.3 is 5.32 Å². The van der Waals surface area contributed by atoms with Crippen LogP contribution in [0.5, 0.6) is 0 Å². The summed E-state index contributed by atoms with van der Waals surface area (Å²) in [5.41, 5.74) is 1.75. The molecule has 3 heterocycles. The molecule has 10 heteroatoms. The lowest BCUT2D eigenvalue weighted by Crippen LogP contribution is -2.34. The minimum absolute atomic E-state index is 0.111. The first-order valence-electron chi connectivity index (χ1n) is 10.6. The Morgan fingerprint density at radius 2 is 1.97 bits per heavy atom. The highest BCUT2D eigenvalue weighted by Crippen LogP contribution is 2.25. The van der Waals surface area contributed by atoms with E-state index in [0.717, 1.165) is 11.0 Å². The van der Waals surface area contributed by atoms with Crippen LogP contribution in [0.2, 0.25) is 0 Å². The minimum Gasteiger partial charge on any atom is -0.323 e. The topological polar surface area (TPSA) is 118 Å². The number of carbonyl (C=O) groups excluding carboxylic acids is 1. The van der Waals surface area contributed by atoms with Crippen molar-refractivity contribution in [2.24, 2.45) is 10.9 Å². The van der Waals surface area contributed by atoms with Crippen molar-refractivity contribution in [1.82, 2.24) is 19.5 Å². The molecule has 0 saturated carbocycles. The number of hydrogen-bond donors (Lipinski definition) is 2. The highest BCUT2D eigenvalue weighted by atomic mass is 32.2. The molecule has 0 aliphatic carbocycles. The predicted octanol–water partition coefficient (Wildman–Crippen LogP) is 3.10. The number of amidine groups is 1. The molecule has 9 nitrogen and oxygen atoms in total. The number of rotatable bonds is 6. The number of aromatic nitrogens is 3. The van der Waals surface area contributed by atoms with Gasteiger partial charge in [0.1, 0.15) is 11.9 Å². The third-order valence-corrected chi connectivity index (χ3v) is 6.97. The van der Waals surface area contributed by atoms with Crippen molar-refractivity contribution < 1.29 is 13.2 Å². The molecule has 0 unspecified atom stereocenters. The standard InChI is InChI=1S/C22H26N6O3S/c1-5-14(4)19(26-20-17-8-6-7-9-18(17)32(30,31)27-20)22(29)25-16-10-15-11-24-28(13(2)3)21(15)23-12-16/h6-14,19H,5H2,1-4H3,(H,25,29)(H,26,27)/t14-,19-/m0/s1. The summed E-state index contributed by atoms with van der Waals surface area (Å²) in [5, 5.41) is 8.05. The average molecular weight is 455 g/mol. The molecule has 4 rings (SSSR count). The Hall–Kier alpha value is -3.27. The van der Waals surface area contributed by atoms with E-state index in [-0.39, 0.29) is 28.6 Å². The van der Waals surface area contributed by atoms with Crippen LogP contribution in [-0.2, 0) is 14.8 Å². The van der Waals surface area contributed by atoms with Gasteiger partial charge >= 0.3 is 0 Å². The van der Waals surface area contributed by atoms with Gasteiger partial charge in [0, 0.05) is 17.0 Å². The Bertz CT molecular complexity index is 1310. The third-order valence-electron chi connectivity index (χ3n) is 5.57. The smallest absolute Gasteiger partial charge is 0.263 e. The van der Waals surface area contributed by atoms with Crippen LogP contribution in [-0.4, -0.2) is 41.0 Å². The van der Waals surface area contributed by atoms with Gasteiger partial charge in [-0.15, -0.1) is 0 Å². The molecule has 1 amide bonds. The third kappa shape index (κ3) is 3.97. The van der Waals surface area contributed by atoms with Crippen LogP contribution in [0, 0.1) is 5.92 Å². The number of carbonyl (C=O) groups is 1. The molecule has 168 valence electrons. The number of fused-ring (bicyclic) bond motifs is 2. The highest BCUT2D eigenvalue weighted by Gasteiger charge is 2.33. The van der Waals surface area contributed by atoms with E-state index >= 15 is 0 Å².